The third-order valence-electron chi connectivity index (χ3n) is 3.06. The molecule has 0 fully saturated rings. The second-order valence-corrected chi connectivity index (χ2v) is 6.40. The first-order chi connectivity index (χ1) is 9.79. The van der Waals surface area contributed by atoms with Gasteiger partial charge in [0.2, 0.25) is 0 Å². The first-order valence-electron chi connectivity index (χ1n) is 6.82. The maximum atomic E-state index is 12.6. The number of halogens is 1. The summed E-state index contributed by atoms with van der Waals surface area (Å²) in [4.78, 5) is 16.6. The van der Waals surface area contributed by atoms with Gasteiger partial charge in [0.05, 0.1) is 5.56 Å². The number of amides is 1. The van der Waals surface area contributed by atoms with Gasteiger partial charge >= 0.3 is 0 Å². The normalized spacial score (nSPS) is 11.3. The monoisotopic (exact) mass is 302 g/mol. The number of hydrogen-bond acceptors (Lipinski definition) is 2. The zero-order valence-corrected chi connectivity index (χ0v) is 13.5. The Morgan fingerprint density at radius 3 is 2.43 bits per heavy atom. The summed E-state index contributed by atoms with van der Waals surface area (Å²) in [6.45, 7) is 7.81. The van der Waals surface area contributed by atoms with Crippen LogP contribution in [0.4, 0.5) is 0 Å². The van der Waals surface area contributed by atoms with Crippen LogP contribution in [-0.2, 0) is 0 Å². The Kier molecular flexibility index (Phi) is 4.33. The summed E-state index contributed by atoms with van der Waals surface area (Å²) in [5.74, 6) is -0.209. The SMILES string of the molecule is Cc1ccccc1-c1ccnc(Cl)c1C(=O)NC(C)(C)C. The molecule has 0 aliphatic rings. The van der Waals surface area contributed by atoms with Gasteiger partial charge in [-0.1, -0.05) is 35.9 Å². The highest BCUT2D eigenvalue weighted by Gasteiger charge is 2.22. The van der Waals surface area contributed by atoms with Crippen molar-refractivity contribution in [3.8, 4) is 11.1 Å². The van der Waals surface area contributed by atoms with E-state index in [1.807, 2.05) is 58.0 Å². The van der Waals surface area contributed by atoms with Gasteiger partial charge in [-0.25, -0.2) is 4.98 Å². The number of rotatable bonds is 2. The van der Waals surface area contributed by atoms with Crippen molar-refractivity contribution in [3.63, 3.8) is 0 Å². The molecule has 1 N–H and O–H groups in total. The second kappa shape index (κ2) is 5.86. The number of carbonyl (C=O) groups excluding carboxylic acids is 1. The molecular formula is C17H19ClN2O. The number of nitrogens with zero attached hydrogens (tertiary/aromatic N) is 1. The third-order valence-corrected chi connectivity index (χ3v) is 3.34. The summed E-state index contributed by atoms with van der Waals surface area (Å²) in [5, 5.41) is 3.16. The molecule has 2 rings (SSSR count). The highest BCUT2D eigenvalue weighted by atomic mass is 35.5. The standard InChI is InChI=1S/C17H19ClN2O/c1-11-7-5-6-8-12(11)13-9-10-19-15(18)14(13)16(21)20-17(2,3)4/h5-10H,1-4H3,(H,20,21). The van der Waals surface area contributed by atoms with Gasteiger partial charge in [0.1, 0.15) is 5.15 Å². The maximum absolute atomic E-state index is 12.6. The van der Waals surface area contributed by atoms with Gasteiger partial charge in [0.25, 0.3) is 5.91 Å². The molecule has 2 aromatic rings. The van der Waals surface area contributed by atoms with Gasteiger partial charge in [-0.2, -0.15) is 0 Å². The van der Waals surface area contributed by atoms with Crippen molar-refractivity contribution in [2.24, 2.45) is 0 Å². The lowest BCUT2D eigenvalue weighted by Crippen LogP contribution is -2.41. The van der Waals surface area contributed by atoms with E-state index < -0.39 is 0 Å². The van der Waals surface area contributed by atoms with Gasteiger partial charge in [-0.05, 0) is 50.5 Å². The Bertz CT molecular complexity index is 675. The Morgan fingerprint density at radius 1 is 1.14 bits per heavy atom. The number of aromatic nitrogens is 1. The van der Waals surface area contributed by atoms with Gasteiger partial charge in [0, 0.05) is 11.7 Å². The minimum atomic E-state index is -0.334. The number of benzene rings is 1. The lowest BCUT2D eigenvalue weighted by atomic mass is 9.96. The molecule has 0 bridgehead atoms. The number of pyridine rings is 1. The van der Waals surface area contributed by atoms with Crippen LogP contribution in [0.3, 0.4) is 0 Å². The first kappa shape index (κ1) is 15.5. The number of carbonyl (C=O) groups is 1. The largest absolute Gasteiger partial charge is 0.347 e. The Morgan fingerprint density at radius 2 is 1.81 bits per heavy atom. The molecular weight excluding hydrogens is 284 g/mol. The van der Waals surface area contributed by atoms with Crippen LogP contribution in [0.15, 0.2) is 36.5 Å². The first-order valence-corrected chi connectivity index (χ1v) is 7.20. The molecule has 1 amide bonds. The predicted octanol–water partition coefficient (Wildman–Crippen LogP) is 4.24. The number of aryl methyl sites for hydroxylation is 1. The summed E-state index contributed by atoms with van der Waals surface area (Å²) in [5.41, 5.74) is 2.96. The van der Waals surface area contributed by atoms with Crippen LogP contribution in [0.1, 0.15) is 36.7 Å². The molecule has 1 heterocycles. The third kappa shape index (κ3) is 3.61. The van der Waals surface area contributed by atoms with Crippen LogP contribution in [0.2, 0.25) is 5.15 Å². The number of hydrogen-bond donors (Lipinski definition) is 1. The molecule has 0 unspecified atom stereocenters. The fourth-order valence-electron chi connectivity index (χ4n) is 2.15. The average molecular weight is 303 g/mol. The zero-order chi connectivity index (χ0) is 15.6. The molecule has 4 heteroatoms. The number of nitrogens with one attached hydrogen (secondary N) is 1. The van der Waals surface area contributed by atoms with Crippen molar-refractivity contribution >= 4 is 17.5 Å². The highest BCUT2D eigenvalue weighted by molar-refractivity contribution is 6.33. The van der Waals surface area contributed by atoms with Crippen molar-refractivity contribution in [1.82, 2.24) is 10.3 Å². The molecule has 3 nitrogen and oxygen atoms in total. The van der Waals surface area contributed by atoms with Crippen LogP contribution in [0.25, 0.3) is 11.1 Å². The van der Waals surface area contributed by atoms with Crippen LogP contribution >= 0.6 is 11.6 Å². The average Bonchev–Trinajstić information content (AvgIpc) is 2.36. The molecule has 1 aromatic heterocycles. The van der Waals surface area contributed by atoms with Crippen LogP contribution in [-0.4, -0.2) is 16.4 Å². The van der Waals surface area contributed by atoms with E-state index in [0.29, 0.717) is 5.56 Å². The summed E-state index contributed by atoms with van der Waals surface area (Å²) in [6, 6.07) is 9.73. The topological polar surface area (TPSA) is 42.0 Å². The smallest absolute Gasteiger partial charge is 0.255 e. The van der Waals surface area contributed by atoms with Crippen molar-refractivity contribution in [3.05, 3.63) is 52.8 Å². The van der Waals surface area contributed by atoms with Crippen molar-refractivity contribution < 1.29 is 4.79 Å². The van der Waals surface area contributed by atoms with Crippen LogP contribution < -0.4 is 5.32 Å². The fraction of sp³-hybridized carbons (Fsp3) is 0.294. The van der Waals surface area contributed by atoms with Gasteiger partial charge in [-0.15, -0.1) is 0 Å². The van der Waals surface area contributed by atoms with Crippen LogP contribution in [0, 0.1) is 6.92 Å². The molecule has 0 spiro atoms. The van der Waals surface area contributed by atoms with E-state index in [1.54, 1.807) is 6.20 Å². The predicted molar refractivity (Wildman–Crippen MR) is 86.6 cm³/mol. The summed E-state index contributed by atoms with van der Waals surface area (Å²) >= 11 is 6.18. The Hall–Kier alpha value is -1.87. The summed E-state index contributed by atoms with van der Waals surface area (Å²) in [6.07, 6.45) is 1.62. The van der Waals surface area contributed by atoms with Gasteiger partial charge in [0.15, 0.2) is 0 Å². The van der Waals surface area contributed by atoms with Crippen molar-refractivity contribution in [2.75, 3.05) is 0 Å². The van der Waals surface area contributed by atoms with Crippen LogP contribution in [0.5, 0.6) is 0 Å². The molecule has 1 aromatic carbocycles. The zero-order valence-electron chi connectivity index (χ0n) is 12.7. The summed E-state index contributed by atoms with van der Waals surface area (Å²) < 4.78 is 0. The molecule has 0 aliphatic heterocycles. The van der Waals surface area contributed by atoms with E-state index in [-0.39, 0.29) is 16.6 Å². The molecule has 0 radical (unpaired) electrons. The molecule has 0 saturated carbocycles. The highest BCUT2D eigenvalue weighted by Crippen LogP contribution is 2.30. The molecule has 0 atom stereocenters. The minimum Gasteiger partial charge on any atom is -0.347 e. The molecule has 0 saturated heterocycles. The maximum Gasteiger partial charge on any atom is 0.255 e. The van der Waals surface area contributed by atoms with E-state index in [4.69, 9.17) is 11.6 Å². The van der Waals surface area contributed by atoms with Gasteiger partial charge < -0.3 is 5.32 Å². The van der Waals surface area contributed by atoms with Crippen molar-refractivity contribution in [2.45, 2.75) is 33.2 Å². The van der Waals surface area contributed by atoms with E-state index in [9.17, 15) is 4.79 Å². The van der Waals surface area contributed by atoms with E-state index in [2.05, 4.69) is 10.3 Å². The minimum absolute atomic E-state index is 0.209. The fourth-order valence-corrected chi connectivity index (χ4v) is 2.40. The molecule has 21 heavy (non-hydrogen) atoms. The van der Waals surface area contributed by atoms with Gasteiger partial charge in [-0.3, -0.25) is 4.79 Å². The van der Waals surface area contributed by atoms with E-state index in [1.165, 1.54) is 0 Å². The van der Waals surface area contributed by atoms with E-state index >= 15 is 0 Å². The molecule has 0 aliphatic carbocycles. The lowest BCUT2D eigenvalue weighted by Gasteiger charge is -2.22. The second-order valence-electron chi connectivity index (χ2n) is 6.04. The Labute approximate surface area is 130 Å². The van der Waals surface area contributed by atoms with E-state index in [0.717, 1.165) is 16.7 Å². The summed E-state index contributed by atoms with van der Waals surface area (Å²) in [7, 11) is 0. The lowest BCUT2D eigenvalue weighted by molar-refractivity contribution is 0.0920. The van der Waals surface area contributed by atoms with Crippen molar-refractivity contribution in [1.29, 1.82) is 0 Å². The Balaban J connectivity index is 2.57. The molecule has 110 valence electrons. The quantitative estimate of drug-likeness (QED) is 0.843.